The lowest BCUT2D eigenvalue weighted by atomic mass is 9.81. The van der Waals surface area contributed by atoms with Gasteiger partial charge in [-0.2, -0.15) is 12.7 Å². The van der Waals surface area contributed by atoms with Gasteiger partial charge in [-0.15, -0.1) is 0 Å². The quantitative estimate of drug-likeness (QED) is 0.323. The predicted octanol–water partition coefficient (Wildman–Crippen LogP) is 5.52. The number of hydrogen-bond acceptors (Lipinski definition) is 6. The summed E-state index contributed by atoms with van der Waals surface area (Å²) in [6, 6.07) is 13.3. The van der Waals surface area contributed by atoms with Gasteiger partial charge in [-0.1, -0.05) is 25.3 Å². The van der Waals surface area contributed by atoms with E-state index >= 15 is 0 Å². The molecule has 5 aliphatic rings. The highest BCUT2D eigenvalue weighted by atomic mass is 32.2. The molecular formula is C38H49N5O5S. The Hall–Kier alpha value is -3.41. The fourth-order valence-corrected chi connectivity index (χ4v) is 10.4. The second-order valence-corrected chi connectivity index (χ2v) is 17.6. The van der Waals surface area contributed by atoms with E-state index in [0.717, 1.165) is 53.1 Å². The van der Waals surface area contributed by atoms with E-state index in [-0.39, 0.29) is 23.3 Å². The van der Waals surface area contributed by atoms with E-state index in [0.29, 0.717) is 36.5 Å². The van der Waals surface area contributed by atoms with Gasteiger partial charge >= 0.3 is 10.2 Å². The van der Waals surface area contributed by atoms with Crippen molar-refractivity contribution in [1.29, 1.82) is 0 Å². The van der Waals surface area contributed by atoms with Crippen LogP contribution in [-0.2, 0) is 21.5 Å². The highest BCUT2D eigenvalue weighted by molar-refractivity contribution is 7.87. The summed E-state index contributed by atoms with van der Waals surface area (Å²) in [4.78, 5) is 29.8. The Morgan fingerprint density at radius 2 is 1.73 bits per heavy atom. The number of carbonyl (C=O) groups excluding carboxylic acids is 2. The molecule has 4 fully saturated rings. The zero-order chi connectivity index (χ0) is 34.2. The minimum Gasteiger partial charge on any atom is -0.497 e. The number of nitrogens with zero attached hydrogens (tertiary/aromatic N) is 3. The van der Waals surface area contributed by atoms with E-state index in [2.05, 4.69) is 38.7 Å². The lowest BCUT2D eigenvalue weighted by Crippen LogP contribution is -2.49. The first kappa shape index (κ1) is 32.8. The Morgan fingerprint density at radius 1 is 1.00 bits per heavy atom. The summed E-state index contributed by atoms with van der Waals surface area (Å²) in [7, 11) is 2.76. The molecular weight excluding hydrogens is 639 g/mol. The van der Waals surface area contributed by atoms with Crippen LogP contribution in [-0.4, -0.2) is 80.4 Å². The highest BCUT2D eigenvalue weighted by Crippen LogP contribution is 2.67. The summed E-state index contributed by atoms with van der Waals surface area (Å²) in [5, 5.41) is 4.57. The number of rotatable bonds is 8. The number of aromatic nitrogens is 1. The van der Waals surface area contributed by atoms with Crippen molar-refractivity contribution in [3.63, 3.8) is 0 Å². The van der Waals surface area contributed by atoms with Crippen LogP contribution < -0.4 is 14.8 Å². The number of methoxy groups -OCH3 is 1. The second-order valence-electron chi connectivity index (χ2n) is 15.7. The van der Waals surface area contributed by atoms with Crippen molar-refractivity contribution in [2.45, 2.75) is 107 Å². The van der Waals surface area contributed by atoms with E-state index in [1.807, 2.05) is 18.2 Å². The van der Waals surface area contributed by atoms with Crippen molar-refractivity contribution in [3.05, 3.63) is 53.1 Å². The van der Waals surface area contributed by atoms with Crippen LogP contribution in [0.5, 0.6) is 5.75 Å². The van der Waals surface area contributed by atoms with Gasteiger partial charge in [0.25, 0.3) is 5.91 Å². The SMILES string of the molecule is COc1ccc2c(c1)C1CC1(CC(=O)NC1CC3CCC(C1)N3C)Cn1c-2c(C2CCCCC2)c2ccc(C(=O)NS(=O)(=O)N(C)C)cc21. The van der Waals surface area contributed by atoms with Gasteiger partial charge in [0.2, 0.25) is 5.91 Å². The summed E-state index contributed by atoms with van der Waals surface area (Å²) in [5.74, 6) is 0.875. The summed E-state index contributed by atoms with van der Waals surface area (Å²) in [6.45, 7) is 0.653. The fraction of sp³-hybridized carbons (Fsp3) is 0.579. The van der Waals surface area contributed by atoms with Gasteiger partial charge in [-0.25, -0.2) is 4.72 Å². The largest absolute Gasteiger partial charge is 0.497 e. The molecule has 4 heterocycles. The van der Waals surface area contributed by atoms with E-state index < -0.39 is 16.1 Å². The number of ether oxygens (including phenoxy) is 1. The van der Waals surface area contributed by atoms with Crippen LogP contribution in [0.2, 0.25) is 0 Å². The Kier molecular flexibility index (Phi) is 8.11. The zero-order valence-corrected chi connectivity index (χ0v) is 29.9. The molecule has 2 saturated heterocycles. The molecule has 2 saturated carbocycles. The maximum Gasteiger partial charge on any atom is 0.303 e. The molecule has 8 rings (SSSR count). The minimum absolute atomic E-state index is 0.127. The van der Waals surface area contributed by atoms with E-state index in [9.17, 15) is 18.0 Å². The Labute approximate surface area is 289 Å². The Balaban J connectivity index is 1.22. The van der Waals surface area contributed by atoms with Crippen molar-refractivity contribution in [2.24, 2.45) is 5.41 Å². The molecule has 4 atom stereocenters. The monoisotopic (exact) mass is 687 g/mol. The van der Waals surface area contributed by atoms with Crippen LogP contribution in [0.4, 0.5) is 0 Å². The van der Waals surface area contributed by atoms with Crippen molar-refractivity contribution in [2.75, 3.05) is 28.3 Å². The van der Waals surface area contributed by atoms with Crippen molar-refractivity contribution in [3.8, 4) is 17.0 Å². The summed E-state index contributed by atoms with van der Waals surface area (Å²) >= 11 is 0. The van der Waals surface area contributed by atoms with Gasteiger partial charge in [0.15, 0.2) is 0 Å². The van der Waals surface area contributed by atoms with E-state index in [4.69, 9.17) is 4.74 Å². The summed E-state index contributed by atoms with van der Waals surface area (Å²) in [5.41, 5.74) is 5.85. The van der Waals surface area contributed by atoms with Gasteiger partial charge in [-0.3, -0.25) is 9.59 Å². The molecule has 2 amide bonds. The normalized spacial score (nSPS) is 28.0. The van der Waals surface area contributed by atoms with Crippen LogP contribution in [0.3, 0.4) is 0 Å². The third-order valence-corrected chi connectivity index (χ3v) is 14.0. The number of hydrogen-bond donors (Lipinski definition) is 2. The number of amides is 2. The van der Waals surface area contributed by atoms with Crippen LogP contribution in [0.15, 0.2) is 36.4 Å². The molecule has 3 aliphatic heterocycles. The fourth-order valence-electron chi connectivity index (χ4n) is 9.87. The first-order valence-corrected chi connectivity index (χ1v) is 19.5. The molecule has 10 nitrogen and oxygen atoms in total. The summed E-state index contributed by atoms with van der Waals surface area (Å²) in [6.07, 6.45) is 11.6. The molecule has 11 heteroatoms. The van der Waals surface area contributed by atoms with Crippen LogP contribution >= 0.6 is 0 Å². The highest BCUT2D eigenvalue weighted by Gasteiger charge is 2.58. The first-order valence-electron chi connectivity index (χ1n) is 18.1. The van der Waals surface area contributed by atoms with Gasteiger partial charge in [0, 0.05) is 72.6 Å². The molecule has 2 bridgehead atoms. The topological polar surface area (TPSA) is 113 Å². The number of fused-ring (bicyclic) bond motifs is 9. The predicted molar refractivity (Wildman–Crippen MR) is 190 cm³/mol. The third-order valence-electron chi connectivity index (χ3n) is 12.6. The standard InChI is InChI=1S/C38H49N5O5S/c1-41(2)49(46,47)40-37(45)24-10-14-30-33(16-24)43-22-38(21-34(44)39-25-17-26-11-12-27(18-25)42(26)3)20-32(38)31-19-28(48-4)13-15-29(31)36(43)35(30)23-8-6-5-7-9-23/h10,13-16,19,23,25-27,32H,5-9,11-12,17-18,20-22H2,1-4H3,(H,39,44)(H,40,45). The van der Waals surface area contributed by atoms with Gasteiger partial charge in [0.1, 0.15) is 5.75 Å². The third kappa shape index (κ3) is 5.66. The average Bonchev–Trinajstić information content (AvgIpc) is 3.65. The minimum atomic E-state index is -3.96. The molecule has 4 unspecified atom stereocenters. The van der Waals surface area contributed by atoms with Gasteiger partial charge in [-0.05, 0) is 105 Å². The number of benzene rings is 2. The van der Waals surface area contributed by atoms with Crippen LogP contribution in [0.1, 0.15) is 104 Å². The maximum atomic E-state index is 14.0. The van der Waals surface area contributed by atoms with Crippen molar-refractivity contribution < 1.29 is 22.7 Å². The maximum absolute atomic E-state index is 14.0. The molecule has 49 heavy (non-hydrogen) atoms. The lowest BCUT2D eigenvalue weighted by molar-refractivity contribution is -0.123. The molecule has 1 aromatic heterocycles. The number of piperidine rings is 1. The summed E-state index contributed by atoms with van der Waals surface area (Å²) < 4.78 is 36.5. The van der Waals surface area contributed by atoms with Crippen molar-refractivity contribution >= 4 is 32.9 Å². The molecule has 2 aromatic carbocycles. The van der Waals surface area contributed by atoms with Crippen LogP contribution in [0.25, 0.3) is 22.2 Å². The lowest BCUT2D eigenvalue weighted by Gasteiger charge is -2.36. The Morgan fingerprint density at radius 3 is 2.43 bits per heavy atom. The molecule has 262 valence electrons. The second kappa shape index (κ2) is 12.1. The first-order chi connectivity index (χ1) is 23.5. The molecule has 3 aromatic rings. The smallest absolute Gasteiger partial charge is 0.303 e. The number of nitrogens with one attached hydrogen (secondary N) is 2. The van der Waals surface area contributed by atoms with Gasteiger partial charge in [0.05, 0.1) is 12.8 Å². The molecule has 0 radical (unpaired) electrons. The number of carbonyl (C=O) groups is 2. The van der Waals surface area contributed by atoms with E-state index in [1.54, 1.807) is 13.2 Å². The molecule has 2 aliphatic carbocycles. The molecule has 2 N–H and O–H groups in total. The molecule has 0 spiro atoms. The average molecular weight is 688 g/mol. The van der Waals surface area contributed by atoms with Crippen LogP contribution in [0, 0.1) is 5.41 Å². The van der Waals surface area contributed by atoms with Gasteiger partial charge < -0.3 is 19.5 Å². The van der Waals surface area contributed by atoms with E-state index in [1.165, 1.54) is 68.6 Å². The Bertz CT molecular complexity index is 1920. The zero-order valence-electron chi connectivity index (χ0n) is 29.1. The van der Waals surface area contributed by atoms with Crippen molar-refractivity contribution in [1.82, 2.24) is 23.8 Å².